The largest absolute Gasteiger partial charge is 0.351 e. The van der Waals surface area contributed by atoms with Crippen LogP contribution in [0, 0.1) is 11.8 Å². The van der Waals surface area contributed by atoms with E-state index in [-0.39, 0.29) is 11.9 Å². The SMILES string of the molecule is NCC(NC(=O)CNCC1CC1)C1CCCCC1. The molecule has 0 aliphatic heterocycles. The summed E-state index contributed by atoms with van der Waals surface area (Å²) >= 11 is 0. The Bertz CT molecular complexity index is 260. The Morgan fingerprint density at radius 1 is 1.17 bits per heavy atom. The molecule has 0 heterocycles. The van der Waals surface area contributed by atoms with Crippen molar-refractivity contribution in [2.24, 2.45) is 17.6 Å². The topological polar surface area (TPSA) is 67.1 Å². The Kier molecular flexibility index (Phi) is 5.45. The van der Waals surface area contributed by atoms with Crippen LogP contribution in [0.3, 0.4) is 0 Å². The average Bonchev–Trinajstić information content (AvgIpc) is 3.21. The van der Waals surface area contributed by atoms with E-state index >= 15 is 0 Å². The van der Waals surface area contributed by atoms with E-state index in [0.29, 0.717) is 19.0 Å². The van der Waals surface area contributed by atoms with Crippen molar-refractivity contribution in [2.45, 2.75) is 51.0 Å². The van der Waals surface area contributed by atoms with E-state index in [0.717, 1.165) is 12.5 Å². The van der Waals surface area contributed by atoms with Crippen LogP contribution in [0.2, 0.25) is 0 Å². The molecule has 2 rings (SSSR count). The second-order valence-corrected chi connectivity index (χ2v) is 5.88. The lowest BCUT2D eigenvalue weighted by molar-refractivity contribution is -0.121. The smallest absolute Gasteiger partial charge is 0.234 e. The molecule has 2 saturated carbocycles. The van der Waals surface area contributed by atoms with Gasteiger partial charge in [0.1, 0.15) is 0 Å². The molecule has 4 N–H and O–H groups in total. The van der Waals surface area contributed by atoms with Crippen molar-refractivity contribution >= 4 is 5.91 Å². The van der Waals surface area contributed by atoms with Crippen molar-refractivity contribution in [3.8, 4) is 0 Å². The Balaban J connectivity index is 1.65. The zero-order chi connectivity index (χ0) is 12.8. The van der Waals surface area contributed by atoms with Crippen LogP contribution in [0.5, 0.6) is 0 Å². The summed E-state index contributed by atoms with van der Waals surface area (Å²) in [6.07, 6.45) is 9.00. The van der Waals surface area contributed by atoms with Crippen LogP contribution in [0.25, 0.3) is 0 Å². The van der Waals surface area contributed by atoms with Gasteiger partial charge in [-0.25, -0.2) is 0 Å². The van der Waals surface area contributed by atoms with E-state index in [9.17, 15) is 4.79 Å². The van der Waals surface area contributed by atoms with Gasteiger partial charge in [-0.3, -0.25) is 4.79 Å². The molecule has 2 aliphatic carbocycles. The highest BCUT2D eigenvalue weighted by Gasteiger charge is 2.24. The molecule has 4 nitrogen and oxygen atoms in total. The first-order valence-electron chi connectivity index (χ1n) is 7.49. The van der Waals surface area contributed by atoms with E-state index in [1.165, 1.54) is 44.9 Å². The van der Waals surface area contributed by atoms with Gasteiger partial charge in [0.05, 0.1) is 6.54 Å². The Morgan fingerprint density at radius 3 is 2.50 bits per heavy atom. The number of rotatable bonds is 7. The lowest BCUT2D eigenvalue weighted by Crippen LogP contribution is -2.48. The van der Waals surface area contributed by atoms with E-state index in [2.05, 4.69) is 10.6 Å². The molecule has 2 fully saturated rings. The molecule has 18 heavy (non-hydrogen) atoms. The minimum Gasteiger partial charge on any atom is -0.351 e. The lowest BCUT2D eigenvalue weighted by atomic mass is 9.84. The summed E-state index contributed by atoms with van der Waals surface area (Å²) in [5, 5.41) is 6.33. The maximum Gasteiger partial charge on any atom is 0.234 e. The molecule has 1 amide bonds. The second kappa shape index (κ2) is 7.10. The number of carbonyl (C=O) groups is 1. The highest BCUT2D eigenvalue weighted by molar-refractivity contribution is 5.78. The van der Waals surface area contributed by atoms with Gasteiger partial charge in [0.15, 0.2) is 0 Å². The molecule has 0 radical (unpaired) electrons. The molecule has 0 aromatic carbocycles. The normalized spacial score (nSPS) is 22.7. The maximum atomic E-state index is 11.8. The number of nitrogens with two attached hydrogens (primary N) is 1. The van der Waals surface area contributed by atoms with E-state index in [1.807, 2.05) is 0 Å². The van der Waals surface area contributed by atoms with Crippen LogP contribution in [0.1, 0.15) is 44.9 Å². The summed E-state index contributed by atoms with van der Waals surface area (Å²) in [7, 11) is 0. The van der Waals surface area contributed by atoms with Gasteiger partial charge in [0.25, 0.3) is 0 Å². The highest BCUT2D eigenvalue weighted by atomic mass is 16.2. The molecule has 1 unspecified atom stereocenters. The molecule has 0 spiro atoms. The van der Waals surface area contributed by atoms with Crippen molar-refractivity contribution < 1.29 is 4.79 Å². The van der Waals surface area contributed by atoms with Gasteiger partial charge >= 0.3 is 0 Å². The fourth-order valence-electron chi connectivity index (χ4n) is 2.88. The third kappa shape index (κ3) is 4.58. The van der Waals surface area contributed by atoms with Crippen LogP contribution in [0.15, 0.2) is 0 Å². The van der Waals surface area contributed by atoms with Crippen LogP contribution in [-0.2, 0) is 4.79 Å². The van der Waals surface area contributed by atoms with Crippen molar-refractivity contribution in [2.75, 3.05) is 19.6 Å². The molecule has 0 aromatic rings. The zero-order valence-corrected chi connectivity index (χ0v) is 11.3. The zero-order valence-electron chi connectivity index (χ0n) is 11.3. The van der Waals surface area contributed by atoms with Gasteiger partial charge in [0, 0.05) is 12.6 Å². The van der Waals surface area contributed by atoms with Gasteiger partial charge < -0.3 is 16.4 Å². The van der Waals surface area contributed by atoms with Gasteiger partial charge in [-0.1, -0.05) is 19.3 Å². The van der Waals surface area contributed by atoms with Crippen LogP contribution in [-0.4, -0.2) is 31.6 Å². The van der Waals surface area contributed by atoms with E-state index in [1.54, 1.807) is 0 Å². The summed E-state index contributed by atoms with van der Waals surface area (Å²) in [6, 6.07) is 0.181. The summed E-state index contributed by atoms with van der Waals surface area (Å²) in [5.41, 5.74) is 5.80. The van der Waals surface area contributed by atoms with Crippen molar-refractivity contribution in [1.82, 2.24) is 10.6 Å². The van der Waals surface area contributed by atoms with E-state index in [4.69, 9.17) is 5.73 Å². The standard InChI is InChI=1S/C14H27N3O/c15-8-13(12-4-2-1-3-5-12)17-14(18)10-16-9-11-6-7-11/h11-13,16H,1-10,15H2,(H,17,18). The predicted molar refractivity (Wildman–Crippen MR) is 73.2 cm³/mol. The first kappa shape index (κ1) is 13.8. The van der Waals surface area contributed by atoms with Gasteiger partial charge in [-0.2, -0.15) is 0 Å². The van der Waals surface area contributed by atoms with Crippen LogP contribution >= 0.6 is 0 Å². The van der Waals surface area contributed by atoms with Crippen molar-refractivity contribution in [3.63, 3.8) is 0 Å². The molecule has 0 aromatic heterocycles. The molecule has 2 aliphatic rings. The molecule has 104 valence electrons. The molecular weight excluding hydrogens is 226 g/mol. The van der Waals surface area contributed by atoms with Gasteiger partial charge in [-0.15, -0.1) is 0 Å². The van der Waals surface area contributed by atoms with Crippen LogP contribution < -0.4 is 16.4 Å². The Hall–Kier alpha value is -0.610. The quantitative estimate of drug-likeness (QED) is 0.634. The minimum absolute atomic E-state index is 0.108. The van der Waals surface area contributed by atoms with Crippen molar-refractivity contribution in [1.29, 1.82) is 0 Å². The summed E-state index contributed by atoms with van der Waals surface area (Å²) in [4.78, 5) is 11.8. The Labute approximate surface area is 110 Å². The second-order valence-electron chi connectivity index (χ2n) is 5.88. The van der Waals surface area contributed by atoms with Crippen LogP contribution in [0.4, 0.5) is 0 Å². The van der Waals surface area contributed by atoms with Crippen molar-refractivity contribution in [3.05, 3.63) is 0 Å². The molecule has 0 bridgehead atoms. The summed E-state index contributed by atoms with van der Waals surface area (Å²) < 4.78 is 0. The monoisotopic (exact) mass is 253 g/mol. The third-order valence-corrected chi connectivity index (χ3v) is 4.23. The minimum atomic E-state index is 0.108. The number of nitrogens with one attached hydrogen (secondary N) is 2. The Morgan fingerprint density at radius 2 is 1.89 bits per heavy atom. The number of carbonyl (C=O) groups excluding carboxylic acids is 1. The number of hydrogen-bond donors (Lipinski definition) is 3. The molecule has 1 atom stereocenters. The number of hydrogen-bond acceptors (Lipinski definition) is 3. The summed E-state index contributed by atoms with van der Waals surface area (Å²) in [6.45, 7) is 2.00. The highest BCUT2D eigenvalue weighted by Crippen LogP contribution is 2.27. The van der Waals surface area contributed by atoms with Gasteiger partial charge in [0.2, 0.25) is 5.91 Å². The fourth-order valence-corrected chi connectivity index (χ4v) is 2.88. The van der Waals surface area contributed by atoms with E-state index < -0.39 is 0 Å². The van der Waals surface area contributed by atoms with Gasteiger partial charge in [-0.05, 0) is 44.1 Å². The third-order valence-electron chi connectivity index (χ3n) is 4.23. The maximum absolute atomic E-state index is 11.8. The lowest BCUT2D eigenvalue weighted by Gasteiger charge is -2.30. The fraction of sp³-hybridized carbons (Fsp3) is 0.929. The predicted octanol–water partition coefficient (Wildman–Crippen LogP) is 1.01. The summed E-state index contributed by atoms with van der Waals surface area (Å²) in [5.74, 6) is 1.52. The molecular formula is C14H27N3O. The first-order valence-corrected chi connectivity index (χ1v) is 7.49. The average molecular weight is 253 g/mol. The molecule has 4 heteroatoms. The number of amides is 1. The first-order chi connectivity index (χ1) is 8.79. The molecule has 0 saturated heterocycles.